The summed E-state index contributed by atoms with van der Waals surface area (Å²) in [5.74, 6) is 0.728. The molecule has 1 aliphatic rings. The van der Waals surface area contributed by atoms with E-state index in [2.05, 4.69) is 32.3 Å². The first-order valence-electron chi connectivity index (χ1n) is 12.1. The minimum absolute atomic E-state index is 0.0409. The van der Waals surface area contributed by atoms with Crippen LogP contribution >= 0.6 is 0 Å². The Morgan fingerprint density at radius 2 is 2.06 bits per heavy atom. The van der Waals surface area contributed by atoms with Gasteiger partial charge in [-0.2, -0.15) is 10.1 Å². The number of nitrogens with zero attached hydrogens (tertiary/aromatic N) is 6. The normalized spacial score (nSPS) is 18.2. The number of hydrogen-bond acceptors (Lipinski definition) is 8. The SMILES string of the molecule is CC[C@H]1C[C@@H](n2c(=O)nc(-c3ccc(NC)nc3)c3oc4cnc(-c5cnn(C)c5)cc4c32)CCO1. The van der Waals surface area contributed by atoms with Gasteiger partial charge in [-0.3, -0.25) is 14.2 Å². The van der Waals surface area contributed by atoms with Crippen LogP contribution in [0.25, 0.3) is 44.6 Å². The zero-order chi connectivity index (χ0) is 24.8. The number of ether oxygens (including phenoxy) is 1. The Bertz CT molecular complexity index is 1620. The van der Waals surface area contributed by atoms with Crippen molar-refractivity contribution >= 4 is 27.9 Å². The molecule has 6 heterocycles. The predicted octanol–water partition coefficient (Wildman–Crippen LogP) is 4.17. The molecule has 2 atom stereocenters. The molecule has 5 aromatic heterocycles. The van der Waals surface area contributed by atoms with E-state index in [0.717, 1.165) is 47.2 Å². The summed E-state index contributed by atoms with van der Waals surface area (Å²) in [6.45, 7) is 2.71. The van der Waals surface area contributed by atoms with Crippen LogP contribution < -0.4 is 11.0 Å². The molecule has 0 saturated carbocycles. The van der Waals surface area contributed by atoms with Crippen molar-refractivity contribution in [3.8, 4) is 22.5 Å². The van der Waals surface area contributed by atoms with Gasteiger partial charge in [0.2, 0.25) is 0 Å². The third-order valence-corrected chi connectivity index (χ3v) is 6.87. The van der Waals surface area contributed by atoms with Gasteiger partial charge in [-0.1, -0.05) is 6.92 Å². The number of aryl methyl sites for hydroxylation is 1. The molecule has 0 bridgehead atoms. The van der Waals surface area contributed by atoms with Crippen molar-refractivity contribution < 1.29 is 9.15 Å². The van der Waals surface area contributed by atoms with Crippen molar-refractivity contribution in [2.24, 2.45) is 7.05 Å². The van der Waals surface area contributed by atoms with Gasteiger partial charge in [0.15, 0.2) is 11.2 Å². The van der Waals surface area contributed by atoms with E-state index in [9.17, 15) is 4.79 Å². The first kappa shape index (κ1) is 22.4. The molecule has 10 nitrogen and oxygen atoms in total. The molecule has 1 saturated heterocycles. The van der Waals surface area contributed by atoms with Gasteiger partial charge in [0.05, 0.1) is 24.2 Å². The van der Waals surface area contributed by atoms with Gasteiger partial charge in [-0.05, 0) is 37.5 Å². The van der Waals surface area contributed by atoms with E-state index in [1.165, 1.54) is 0 Å². The smallest absolute Gasteiger partial charge is 0.349 e. The van der Waals surface area contributed by atoms with Crippen molar-refractivity contribution in [3.63, 3.8) is 0 Å². The van der Waals surface area contributed by atoms with E-state index in [1.807, 2.05) is 38.5 Å². The minimum Gasteiger partial charge on any atom is -0.450 e. The summed E-state index contributed by atoms with van der Waals surface area (Å²) >= 11 is 0. The Morgan fingerprint density at radius 3 is 2.78 bits per heavy atom. The summed E-state index contributed by atoms with van der Waals surface area (Å²) in [4.78, 5) is 27.2. The van der Waals surface area contributed by atoms with E-state index in [0.29, 0.717) is 29.0 Å². The number of pyridine rings is 2. The number of anilines is 1. The summed E-state index contributed by atoms with van der Waals surface area (Å²) < 4.78 is 15.8. The van der Waals surface area contributed by atoms with Gasteiger partial charge in [-0.25, -0.2) is 9.78 Å². The van der Waals surface area contributed by atoms with E-state index < -0.39 is 0 Å². The standard InChI is InChI=1S/C26H27N7O3/c1-4-18-9-17(7-8-35-18)33-24-19-10-20(16-12-30-32(3)14-16)28-13-21(19)36-25(24)23(31-26(33)34)15-5-6-22(27-2)29-11-15/h5-6,10-14,17-18H,4,7-9H2,1-3H3,(H,27,29)/t17-,18-/m0/s1. The topological polar surface area (TPSA) is 113 Å². The van der Waals surface area contributed by atoms with Crippen LogP contribution in [0.5, 0.6) is 0 Å². The molecule has 6 rings (SSSR count). The van der Waals surface area contributed by atoms with Crippen molar-refractivity contribution in [1.29, 1.82) is 0 Å². The zero-order valence-electron chi connectivity index (χ0n) is 20.4. The van der Waals surface area contributed by atoms with Gasteiger partial charge in [0, 0.05) is 55.7 Å². The summed E-state index contributed by atoms with van der Waals surface area (Å²) in [6, 6.07) is 5.67. The molecule has 1 N–H and O–H groups in total. The highest BCUT2D eigenvalue weighted by Gasteiger charge is 2.29. The molecule has 0 aromatic carbocycles. The summed E-state index contributed by atoms with van der Waals surface area (Å²) in [5, 5.41) is 8.11. The molecule has 5 aromatic rings. The average Bonchev–Trinajstić information content (AvgIpc) is 3.51. The van der Waals surface area contributed by atoms with E-state index in [-0.39, 0.29) is 17.8 Å². The van der Waals surface area contributed by atoms with Crippen LogP contribution in [0.2, 0.25) is 0 Å². The third-order valence-electron chi connectivity index (χ3n) is 6.87. The zero-order valence-corrected chi connectivity index (χ0v) is 20.4. The summed E-state index contributed by atoms with van der Waals surface area (Å²) in [5.41, 5.74) is 4.40. The fourth-order valence-corrected chi connectivity index (χ4v) is 4.99. The maximum atomic E-state index is 13.7. The molecular weight excluding hydrogens is 458 g/mol. The Morgan fingerprint density at radius 1 is 1.17 bits per heavy atom. The van der Waals surface area contributed by atoms with Gasteiger partial charge < -0.3 is 14.5 Å². The lowest BCUT2D eigenvalue weighted by Gasteiger charge is -2.30. The highest BCUT2D eigenvalue weighted by Crippen LogP contribution is 2.38. The monoisotopic (exact) mass is 485 g/mol. The molecule has 36 heavy (non-hydrogen) atoms. The number of rotatable bonds is 5. The molecule has 0 unspecified atom stereocenters. The van der Waals surface area contributed by atoms with Crippen LogP contribution in [0.3, 0.4) is 0 Å². The van der Waals surface area contributed by atoms with Crippen LogP contribution in [0.15, 0.2) is 52.2 Å². The first-order valence-corrected chi connectivity index (χ1v) is 12.1. The summed E-state index contributed by atoms with van der Waals surface area (Å²) in [6.07, 6.45) is 9.57. The van der Waals surface area contributed by atoms with Crippen LogP contribution in [-0.2, 0) is 11.8 Å². The summed E-state index contributed by atoms with van der Waals surface area (Å²) in [7, 11) is 3.68. The highest BCUT2D eigenvalue weighted by molar-refractivity contribution is 6.07. The molecule has 1 fully saturated rings. The number of furan rings is 1. The van der Waals surface area contributed by atoms with Gasteiger partial charge in [0.1, 0.15) is 17.0 Å². The second-order valence-electron chi connectivity index (χ2n) is 9.12. The average molecular weight is 486 g/mol. The van der Waals surface area contributed by atoms with Crippen molar-refractivity contribution in [3.05, 3.63) is 53.5 Å². The lowest BCUT2D eigenvalue weighted by molar-refractivity contribution is -0.00709. The molecule has 184 valence electrons. The lowest BCUT2D eigenvalue weighted by Crippen LogP contribution is -2.34. The van der Waals surface area contributed by atoms with Crippen molar-refractivity contribution in [2.75, 3.05) is 19.0 Å². The Balaban J connectivity index is 1.63. The fourth-order valence-electron chi connectivity index (χ4n) is 4.99. The second kappa shape index (κ2) is 8.87. The largest absolute Gasteiger partial charge is 0.450 e. The fraction of sp³-hybridized carbons (Fsp3) is 0.346. The maximum Gasteiger partial charge on any atom is 0.349 e. The van der Waals surface area contributed by atoms with Crippen LogP contribution in [0.1, 0.15) is 32.2 Å². The van der Waals surface area contributed by atoms with Gasteiger partial charge in [-0.15, -0.1) is 0 Å². The number of aromatic nitrogens is 6. The Hall–Kier alpha value is -4.05. The van der Waals surface area contributed by atoms with Gasteiger partial charge in [0.25, 0.3) is 0 Å². The molecule has 0 amide bonds. The molecule has 0 aliphatic carbocycles. The van der Waals surface area contributed by atoms with Crippen LogP contribution in [0.4, 0.5) is 5.82 Å². The van der Waals surface area contributed by atoms with Crippen molar-refractivity contribution in [1.82, 2.24) is 29.3 Å². The molecular formula is C26H27N7O3. The van der Waals surface area contributed by atoms with E-state index in [1.54, 1.807) is 27.8 Å². The second-order valence-corrected chi connectivity index (χ2v) is 9.12. The Kier molecular flexibility index (Phi) is 5.52. The van der Waals surface area contributed by atoms with Crippen molar-refractivity contribution in [2.45, 2.75) is 38.3 Å². The van der Waals surface area contributed by atoms with Gasteiger partial charge >= 0.3 is 5.69 Å². The molecule has 1 aliphatic heterocycles. The lowest BCUT2D eigenvalue weighted by atomic mass is 10.0. The number of hydrogen-bond donors (Lipinski definition) is 1. The number of fused-ring (bicyclic) bond motifs is 3. The van der Waals surface area contributed by atoms with E-state index >= 15 is 0 Å². The Labute approximate surface area is 207 Å². The molecule has 0 spiro atoms. The molecule has 10 heteroatoms. The minimum atomic E-state index is -0.306. The predicted molar refractivity (Wildman–Crippen MR) is 137 cm³/mol. The number of nitrogens with one attached hydrogen (secondary N) is 1. The quantitative estimate of drug-likeness (QED) is 0.395. The molecule has 0 radical (unpaired) electrons. The third kappa shape index (κ3) is 3.74. The van der Waals surface area contributed by atoms with E-state index in [4.69, 9.17) is 9.15 Å². The maximum absolute atomic E-state index is 13.7. The van der Waals surface area contributed by atoms with Crippen LogP contribution in [-0.4, -0.2) is 49.1 Å². The first-order chi connectivity index (χ1) is 17.6. The highest BCUT2D eigenvalue weighted by atomic mass is 16.5. The van der Waals surface area contributed by atoms with Crippen LogP contribution in [0, 0.1) is 0 Å².